The van der Waals surface area contributed by atoms with E-state index in [1.165, 1.54) is 17.4 Å². The molecular weight excluding hydrogens is 447 g/mol. The molecule has 1 saturated heterocycles. The highest BCUT2D eigenvalue weighted by molar-refractivity contribution is 5.79. The van der Waals surface area contributed by atoms with Crippen LogP contribution in [-0.4, -0.2) is 66.6 Å². The van der Waals surface area contributed by atoms with Gasteiger partial charge in [-0.1, -0.05) is 0 Å². The van der Waals surface area contributed by atoms with Crippen molar-refractivity contribution in [2.24, 2.45) is 29.4 Å². The second-order valence-corrected chi connectivity index (χ2v) is 10.5. The van der Waals surface area contributed by atoms with E-state index in [0.29, 0.717) is 11.9 Å². The second kappa shape index (κ2) is 8.91. The summed E-state index contributed by atoms with van der Waals surface area (Å²) in [6.45, 7) is 5.67. The molecule has 0 spiro atoms. The molecule has 1 amide bonds. The molecule has 2 saturated carbocycles. The van der Waals surface area contributed by atoms with Crippen LogP contribution in [0, 0.1) is 29.5 Å². The SMILES string of the molecule is CN1CCN(c2ccc3cc2CNCC2CC4CC2C(Nc2nc(ncc2F)N3)C4C(N)=O)CC1. The first-order valence-electron chi connectivity index (χ1n) is 12.6. The largest absolute Gasteiger partial charge is 0.369 e. The monoisotopic (exact) mass is 480 g/mol. The molecule has 5 unspecified atom stereocenters. The molecule has 1 aromatic carbocycles. The Morgan fingerprint density at radius 3 is 2.80 bits per heavy atom. The average Bonchev–Trinajstić information content (AvgIpc) is 3.40. The Balaban J connectivity index is 1.35. The maximum atomic E-state index is 14.7. The van der Waals surface area contributed by atoms with E-state index in [4.69, 9.17) is 5.73 Å². The van der Waals surface area contributed by atoms with E-state index in [1.807, 2.05) is 6.07 Å². The van der Waals surface area contributed by atoms with Crippen LogP contribution in [0.4, 0.5) is 27.5 Å². The number of aromatic nitrogens is 2. The van der Waals surface area contributed by atoms with E-state index in [1.54, 1.807) is 0 Å². The fourth-order valence-electron chi connectivity index (χ4n) is 6.70. The molecule has 3 fully saturated rings. The maximum Gasteiger partial charge on any atom is 0.229 e. The van der Waals surface area contributed by atoms with Crippen LogP contribution in [0.1, 0.15) is 18.4 Å². The molecule has 5 N–H and O–H groups in total. The number of hydrogen-bond acceptors (Lipinski definition) is 8. The van der Waals surface area contributed by atoms with Gasteiger partial charge in [0.05, 0.1) is 12.1 Å². The number of primary amides is 1. The van der Waals surface area contributed by atoms with Crippen LogP contribution in [0.2, 0.25) is 0 Å². The molecule has 6 rings (SSSR count). The number of fused-ring (bicyclic) bond motifs is 5. The summed E-state index contributed by atoms with van der Waals surface area (Å²) in [6, 6.07) is 6.09. The summed E-state index contributed by atoms with van der Waals surface area (Å²) in [5, 5.41) is 10.2. The van der Waals surface area contributed by atoms with Gasteiger partial charge in [-0.2, -0.15) is 4.98 Å². The lowest BCUT2D eigenvalue weighted by molar-refractivity contribution is -0.123. The van der Waals surface area contributed by atoms with Gasteiger partial charge in [-0.15, -0.1) is 0 Å². The van der Waals surface area contributed by atoms with Crippen molar-refractivity contribution in [2.45, 2.75) is 25.4 Å². The summed E-state index contributed by atoms with van der Waals surface area (Å²) >= 11 is 0. The number of halogens is 1. The van der Waals surface area contributed by atoms with E-state index in [2.05, 4.69) is 54.9 Å². The van der Waals surface area contributed by atoms with Crippen LogP contribution in [0.15, 0.2) is 24.4 Å². The van der Waals surface area contributed by atoms with E-state index >= 15 is 0 Å². The molecule has 186 valence electrons. The number of rotatable bonds is 2. The Morgan fingerprint density at radius 1 is 1.17 bits per heavy atom. The molecule has 6 bridgehead atoms. The number of nitrogens with two attached hydrogens (primary N) is 1. The lowest BCUT2D eigenvalue weighted by Gasteiger charge is -2.36. The quantitative estimate of drug-likeness (QED) is 0.515. The van der Waals surface area contributed by atoms with Gasteiger partial charge in [0.2, 0.25) is 11.9 Å². The molecular formula is C25H33FN8O. The zero-order chi connectivity index (χ0) is 24.1. The molecule has 2 aromatic rings. The molecule has 2 aliphatic heterocycles. The van der Waals surface area contributed by atoms with Crippen molar-refractivity contribution >= 4 is 29.0 Å². The van der Waals surface area contributed by atoms with Crippen LogP contribution in [0.25, 0.3) is 0 Å². The van der Waals surface area contributed by atoms with Crippen molar-refractivity contribution < 1.29 is 9.18 Å². The summed E-state index contributed by atoms with van der Waals surface area (Å²) in [4.78, 5) is 25.7. The topological polar surface area (TPSA) is 111 Å². The minimum atomic E-state index is -0.533. The number of hydrogen-bond donors (Lipinski definition) is 4. The number of likely N-dealkylation sites (N-methyl/N-ethyl adjacent to an activating group) is 1. The Morgan fingerprint density at radius 2 is 2.00 bits per heavy atom. The van der Waals surface area contributed by atoms with E-state index in [-0.39, 0.29) is 35.5 Å². The molecule has 1 aromatic heterocycles. The van der Waals surface area contributed by atoms with Gasteiger partial charge in [-0.05, 0) is 68.0 Å². The molecule has 4 aliphatic rings. The predicted molar refractivity (Wildman–Crippen MR) is 133 cm³/mol. The standard InChI is InChI=1S/C25H33FN8O/c1-33-4-6-34(7-5-33)20-3-2-17-9-16(20)12-28-11-15-8-14-10-18(15)22(21(14)23(27)35)31-24-19(26)13-29-25(30-17)32-24/h2-3,9,13-15,18,21-22,28H,4-8,10-12H2,1H3,(H2,27,35)(H2,29,30,31,32). The first-order valence-corrected chi connectivity index (χ1v) is 12.6. The minimum Gasteiger partial charge on any atom is -0.369 e. The summed E-state index contributed by atoms with van der Waals surface area (Å²) in [5.41, 5.74) is 9.10. The minimum absolute atomic E-state index is 0.115. The van der Waals surface area contributed by atoms with Gasteiger partial charge in [0, 0.05) is 50.1 Å². The first-order chi connectivity index (χ1) is 17.0. The van der Waals surface area contributed by atoms with Crippen molar-refractivity contribution in [1.82, 2.24) is 20.2 Å². The van der Waals surface area contributed by atoms with Crippen LogP contribution >= 0.6 is 0 Å². The number of nitrogens with one attached hydrogen (secondary N) is 3. The van der Waals surface area contributed by atoms with E-state index in [0.717, 1.165) is 57.8 Å². The zero-order valence-electron chi connectivity index (χ0n) is 20.0. The highest BCUT2D eigenvalue weighted by atomic mass is 19.1. The number of piperazine rings is 1. The Hall–Kier alpha value is -2.98. The predicted octanol–water partition coefficient (Wildman–Crippen LogP) is 1.75. The first kappa shape index (κ1) is 22.5. The Kier molecular flexibility index (Phi) is 5.72. The van der Waals surface area contributed by atoms with Crippen molar-refractivity contribution in [2.75, 3.05) is 55.3 Å². The maximum absolute atomic E-state index is 14.7. The van der Waals surface area contributed by atoms with Crippen LogP contribution in [-0.2, 0) is 11.3 Å². The van der Waals surface area contributed by atoms with E-state index < -0.39 is 5.82 Å². The van der Waals surface area contributed by atoms with Gasteiger partial charge in [0.15, 0.2) is 11.6 Å². The lowest BCUT2D eigenvalue weighted by Crippen LogP contribution is -2.47. The summed E-state index contributed by atoms with van der Waals surface area (Å²) in [7, 11) is 2.16. The number of nitrogens with zero attached hydrogens (tertiary/aromatic N) is 4. The van der Waals surface area contributed by atoms with E-state index in [9.17, 15) is 9.18 Å². The Labute approximate surface area is 204 Å². The summed E-state index contributed by atoms with van der Waals surface area (Å²) in [5.74, 6) is 0.123. The number of carbonyl (C=O) groups is 1. The fourth-order valence-corrected chi connectivity index (χ4v) is 6.70. The van der Waals surface area contributed by atoms with Crippen LogP contribution < -0.4 is 26.6 Å². The van der Waals surface area contributed by atoms with Gasteiger partial charge < -0.3 is 31.5 Å². The number of amides is 1. The van der Waals surface area contributed by atoms with Gasteiger partial charge in [-0.25, -0.2) is 9.37 Å². The number of anilines is 4. The third-order valence-corrected chi connectivity index (χ3v) is 8.42. The molecule has 0 radical (unpaired) electrons. The Bertz CT molecular complexity index is 1120. The molecule has 3 heterocycles. The third kappa shape index (κ3) is 4.18. The molecule has 2 aliphatic carbocycles. The molecule has 9 nitrogen and oxygen atoms in total. The van der Waals surface area contributed by atoms with Crippen molar-refractivity contribution in [3.63, 3.8) is 0 Å². The summed E-state index contributed by atoms with van der Waals surface area (Å²) in [6.07, 6.45) is 3.07. The van der Waals surface area contributed by atoms with Crippen LogP contribution in [0.5, 0.6) is 0 Å². The van der Waals surface area contributed by atoms with Crippen molar-refractivity contribution in [3.05, 3.63) is 35.8 Å². The average molecular weight is 481 g/mol. The lowest BCUT2D eigenvalue weighted by atomic mass is 9.77. The zero-order valence-corrected chi connectivity index (χ0v) is 20.0. The third-order valence-electron chi connectivity index (χ3n) is 8.42. The van der Waals surface area contributed by atoms with Gasteiger partial charge >= 0.3 is 0 Å². The summed E-state index contributed by atoms with van der Waals surface area (Å²) < 4.78 is 14.7. The normalized spacial score (nSPS) is 30.3. The van der Waals surface area contributed by atoms with Crippen molar-refractivity contribution in [3.8, 4) is 0 Å². The van der Waals surface area contributed by atoms with Crippen molar-refractivity contribution in [1.29, 1.82) is 0 Å². The van der Waals surface area contributed by atoms with Gasteiger partial charge in [0.25, 0.3) is 0 Å². The number of benzene rings is 1. The highest BCUT2D eigenvalue weighted by Crippen LogP contribution is 2.52. The number of carbonyl (C=O) groups excluding carboxylic acids is 1. The van der Waals surface area contributed by atoms with Crippen LogP contribution in [0.3, 0.4) is 0 Å². The molecule has 35 heavy (non-hydrogen) atoms. The fraction of sp³-hybridized carbons (Fsp3) is 0.560. The molecule has 10 heteroatoms. The van der Waals surface area contributed by atoms with Gasteiger partial charge in [0.1, 0.15) is 0 Å². The smallest absolute Gasteiger partial charge is 0.229 e. The molecule has 5 atom stereocenters. The second-order valence-electron chi connectivity index (χ2n) is 10.5. The van der Waals surface area contributed by atoms with Gasteiger partial charge in [-0.3, -0.25) is 4.79 Å². The highest BCUT2D eigenvalue weighted by Gasteiger charge is 2.54.